The van der Waals surface area contributed by atoms with E-state index in [0.29, 0.717) is 38.9 Å². The topological polar surface area (TPSA) is 223 Å². The van der Waals surface area contributed by atoms with Gasteiger partial charge < -0.3 is 40.7 Å². The van der Waals surface area contributed by atoms with Crippen molar-refractivity contribution >= 4 is 41.4 Å². The monoisotopic (exact) mass is 965 g/mol. The number of amides is 7. The number of nitrogens with one attached hydrogen (secondary N) is 1. The molecular formula is C51H84N10O8. The van der Waals surface area contributed by atoms with Crippen molar-refractivity contribution in [1.29, 1.82) is 0 Å². The van der Waals surface area contributed by atoms with E-state index in [2.05, 4.69) is 20.2 Å². The van der Waals surface area contributed by atoms with Crippen LogP contribution in [0.5, 0.6) is 0 Å². The minimum absolute atomic E-state index is 0.0381. The molecule has 0 aliphatic carbocycles. The molecule has 0 unspecified atom stereocenters. The number of nitrogens with two attached hydrogens (primary N) is 1. The molecular weight excluding hydrogens is 881 g/mol. The van der Waals surface area contributed by atoms with E-state index < -0.39 is 89.6 Å². The molecule has 0 bridgehead atoms. The lowest BCUT2D eigenvalue weighted by atomic mass is 9.91. The highest BCUT2D eigenvalue weighted by Gasteiger charge is 2.44. The van der Waals surface area contributed by atoms with Crippen molar-refractivity contribution in [2.45, 2.75) is 157 Å². The molecule has 8 atom stereocenters. The van der Waals surface area contributed by atoms with Crippen LogP contribution in [0, 0.1) is 23.7 Å². The third kappa shape index (κ3) is 17.2. The van der Waals surface area contributed by atoms with Gasteiger partial charge in [-0.1, -0.05) is 74.4 Å². The van der Waals surface area contributed by atoms with Gasteiger partial charge in [-0.05, 0) is 87.1 Å². The fraction of sp³-hybridized carbons (Fsp3) is 0.667. The minimum atomic E-state index is -1.56. The molecule has 386 valence electrons. The Morgan fingerprint density at radius 2 is 1.14 bits per heavy atom. The quantitative estimate of drug-likeness (QED) is 0.112. The van der Waals surface area contributed by atoms with Crippen LogP contribution >= 0.6 is 0 Å². The first-order chi connectivity index (χ1) is 32.3. The Labute approximate surface area is 411 Å². The minimum Gasteiger partial charge on any atom is -0.390 e. The molecule has 7 amide bonds. The van der Waals surface area contributed by atoms with Crippen LogP contribution in [0.4, 0.5) is 0 Å². The average Bonchev–Trinajstić information content (AvgIpc) is 3.31. The molecule has 2 heterocycles. The van der Waals surface area contributed by atoms with Crippen molar-refractivity contribution in [2.75, 3.05) is 41.8 Å². The number of rotatable bonds is 28. The van der Waals surface area contributed by atoms with Gasteiger partial charge >= 0.3 is 0 Å². The number of hydrogen-bond donors (Lipinski definition) is 3. The first kappa shape index (κ1) is 59.6. The van der Waals surface area contributed by atoms with Gasteiger partial charge in [0.25, 0.3) is 0 Å². The molecule has 0 saturated heterocycles. The van der Waals surface area contributed by atoms with Crippen LogP contribution in [0.3, 0.4) is 0 Å². The highest BCUT2D eigenvalue weighted by atomic mass is 16.3. The number of aliphatic hydroxyl groups is 1. The van der Waals surface area contributed by atoms with E-state index in [9.17, 15) is 38.7 Å². The molecule has 0 saturated carbocycles. The zero-order valence-corrected chi connectivity index (χ0v) is 44.1. The van der Waals surface area contributed by atoms with E-state index in [1.165, 1.54) is 54.7 Å². The highest BCUT2D eigenvalue weighted by Crippen LogP contribution is 2.24. The second-order valence-corrected chi connectivity index (χ2v) is 19.7. The van der Waals surface area contributed by atoms with Crippen molar-refractivity contribution in [2.24, 2.45) is 29.4 Å². The number of aliphatic hydroxyl groups excluding tert-OH is 1. The molecule has 4 N–H and O–H groups in total. The number of nitrogens with zero attached hydrogens (tertiary/aromatic N) is 8. The third-order valence-electron chi connectivity index (χ3n) is 13.0. The number of likely N-dealkylation sites (N-methyl/N-ethyl adjacent to an activating group) is 5. The summed E-state index contributed by atoms with van der Waals surface area (Å²) >= 11 is 0. The van der Waals surface area contributed by atoms with Crippen LogP contribution in [0.1, 0.15) is 113 Å². The van der Waals surface area contributed by atoms with Gasteiger partial charge in [-0.15, -0.1) is 0 Å². The van der Waals surface area contributed by atoms with E-state index in [-0.39, 0.29) is 30.6 Å². The lowest BCUT2D eigenvalue weighted by molar-refractivity contribution is -0.156. The summed E-state index contributed by atoms with van der Waals surface area (Å²) in [5, 5.41) is 15.2. The summed E-state index contributed by atoms with van der Waals surface area (Å²) < 4.78 is 0. The van der Waals surface area contributed by atoms with Gasteiger partial charge in [0.1, 0.15) is 36.3 Å². The van der Waals surface area contributed by atoms with Gasteiger partial charge in [0.2, 0.25) is 41.4 Å². The van der Waals surface area contributed by atoms with Crippen molar-refractivity contribution < 1.29 is 38.7 Å². The second-order valence-electron chi connectivity index (χ2n) is 19.7. The Morgan fingerprint density at radius 1 is 0.638 bits per heavy atom. The van der Waals surface area contributed by atoms with E-state index in [1.807, 2.05) is 64.1 Å². The maximum absolute atomic E-state index is 15.0. The van der Waals surface area contributed by atoms with E-state index in [0.717, 1.165) is 16.3 Å². The first-order valence-corrected chi connectivity index (χ1v) is 24.4. The molecule has 0 aliphatic heterocycles. The molecule has 2 aromatic rings. The molecule has 0 fully saturated rings. The lowest BCUT2D eigenvalue weighted by Gasteiger charge is -2.41. The van der Waals surface area contributed by atoms with Gasteiger partial charge in [0, 0.05) is 67.1 Å². The van der Waals surface area contributed by atoms with Crippen molar-refractivity contribution in [1.82, 2.24) is 44.7 Å². The summed E-state index contributed by atoms with van der Waals surface area (Å²) in [6.07, 6.45) is 3.27. The number of aromatic nitrogens is 2. The summed E-state index contributed by atoms with van der Waals surface area (Å²) in [4.78, 5) is 115. The Kier molecular flexibility index (Phi) is 24.4. The maximum atomic E-state index is 15.0. The van der Waals surface area contributed by atoms with Crippen molar-refractivity contribution in [3.8, 4) is 0 Å². The van der Waals surface area contributed by atoms with Gasteiger partial charge in [-0.3, -0.25) is 48.4 Å². The predicted molar refractivity (Wildman–Crippen MR) is 266 cm³/mol. The Morgan fingerprint density at radius 3 is 1.58 bits per heavy atom. The van der Waals surface area contributed by atoms with Crippen LogP contribution < -0.4 is 11.1 Å². The normalized spacial score (nSPS) is 15.1. The maximum Gasteiger partial charge on any atom is 0.246 e. The summed E-state index contributed by atoms with van der Waals surface area (Å²) in [7, 11) is 7.39. The Hall–Kier alpha value is -5.49. The van der Waals surface area contributed by atoms with Crippen LogP contribution in [0.15, 0.2) is 48.8 Å². The zero-order valence-electron chi connectivity index (χ0n) is 44.1. The molecule has 0 aromatic carbocycles. The van der Waals surface area contributed by atoms with Crippen molar-refractivity contribution in [3.63, 3.8) is 0 Å². The third-order valence-corrected chi connectivity index (χ3v) is 13.0. The van der Waals surface area contributed by atoms with Gasteiger partial charge in [-0.25, -0.2) is 0 Å². The number of pyridine rings is 2. The number of primary amides is 1. The Balaban J connectivity index is 2.61. The summed E-state index contributed by atoms with van der Waals surface area (Å²) in [6, 6.07) is 4.65. The van der Waals surface area contributed by atoms with Crippen molar-refractivity contribution in [3.05, 3.63) is 60.2 Å². The number of carbonyl (C=O) groups is 7. The number of hydrogen-bond acceptors (Lipinski definition) is 11. The number of carbonyl (C=O) groups excluding carboxylic acids is 7. The molecule has 0 radical (unpaired) electrons. The fourth-order valence-corrected chi connectivity index (χ4v) is 8.55. The zero-order chi connectivity index (χ0) is 52.4. The van der Waals surface area contributed by atoms with E-state index >= 15 is 0 Å². The highest BCUT2D eigenvalue weighted by molar-refractivity contribution is 5.97. The predicted octanol–water partition coefficient (Wildman–Crippen LogP) is 3.56. The van der Waals surface area contributed by atoms with Crippen LogP contribution in [0.25, 0.3) is 0 Å². The molecule has 2 rings (SSSR count). The largest absolute Gasteiger partial charge is 0.390 e. The van der Waals surface area contributed by atoms with E-state index in [4.69, 9.17) is 5.73 Å². The lowest BCUT2D eigenvalue weighted by Crippen LogP contribution is -2.63. The van der Waals surface area contributed by atoms with Gasteiger partial charge in [-0.2, -0.15) is 0 Å². The fourth-order valence-electron chi connectivity index (χ4n) is 8.55. The molecule has 0 aliphatic rings. The van der Waals surface area contributed by atoms with Gasteiger partial charge in [0.05, 0.1) is 17.5 Å². The van der Waals surface area contributed by atoms with Crippen LogP contribution in [-0.4, -0.2) is 170 Å². The van der Waals surface area contributed by atoms with E-state index in [1.54, 1.807) is 54.1 Å². The summed E-state index contributed by atoms with van der Waals surface area (Å²) in [5.41, 5.74) is 7.33. The summed E-state index contributed by atoms with van der Waals surface area (Å²) in [6.45, 7) is 19.4. The summed E-state index contributed by atoms with van der Waals surface area (Å²) in [5.74, 6) is -4.91. The first-order valence-electron chi connectivity index (χ1n) is 24.4. The molecule has 69 heavy (non-hydrogen) atoms. The standard InChI is InChI=1S/C51H84N10O8/c1-16-39(49(67)56(11)36(10)48(66)58(13)40(46(52)64)28-32(3)4)55-47(65)44(45(63)35(9)24-27-61(30-37-22-18-20-25-53-37)31-38-23-19-21-26-54-38)60(15)51(69)43(34(7)8)59(14)50(68)41(29-33(5)6)57(12)42(62)17-2/h18-23,25-26,32-36,39-41,43-45,63H,16-17,24,27-31H2,1-15H3,(H2,52,64)(H,55,65)/t35-,36-,39+,40+,41+,43+,44+,45-/m1/s1. The average molecular weight is 965 g/mol. The SMILES string of the molecule is CCC(=O)N(C)[C@@H](CC(C)C)C(=O)N(C)[C@H](C(=O)N(C)[C@H](C(=O)N[C@@H](CC)C(=O)N(C)[C@H](C)C(=O)N(C)[C@@H](CC(C)C)C(N)=O)[C@H](O)[C@H](C)CCN(Cc1ccccn1)Cc1ccccn1)C(C)C. The molecule has 18 nitrogen and oxygen atoms in total. The van der Waals surface area contributed by atoms with Crippen LogP contribution in [0.2, 0.25) is 0 Å². The molecule has 0 spiro atoms. The Bertz CT molecular complexity index is 1930. The molecule has 18 heteroatoms. The smallest absolute Gasteiger partial charge is 0.246 e. The molecule has 2 aromatic heterocycles. The van der Waals surface area contributed by atoms with Crippen LogP contribution in [-0.2, 0) is 46.7 Å². The van der Waals surface area contributed by atoms with Gasteiger partial charge in [0.15, 0.2) is 0 Å². The second kappa shape index (κ2) is 28.2.